The van der Waals surface area contributed by atoms with Crippen LogP contribution in [0, 0.1) is 0 Å². The van der Waals surface area contributed by atoms with Crippen molar-refractivity contribution in [3.8, 4) is 0 Å². The van der Waals surface area contributed by atoms with Crippen LogP contribution in [-0.2, 0) is 14.8 Å². The van der Waals surface area contributed by atoms with Crippen LogP contribution in [0.25, 0.3) is 0 Å². The lowest BCUT2D eigenvalue weighted by atomic mass is 9.99. The normalized spacial score (nSPS) is 29.7. The second-order valence-corrected chi connectivity index (χ2v) is 8.30. The fourth-order valence-electron chi connectivity index (χ4n) is 3.17. The molecule has 2 aliphatic rings. The first-order chi connectivity index (χ1) is 9.68. The summed E-state index contributed by atoms with van der Waals surface area (Å²) in [7, 11) is -3.23. The molecule has 0 radical (unpaired) electrons. The number of piperidine rings is 1. The van der Waals surface area contributed by atoms with Crippen LogP contribution in [0.5, 0.6) is 0 Å². The van der Waals surface area contributed by atoms with Crippen LogP contribution in [0.4, 0.5) is 0 Å². The Morgan fingerprint density at radius 2 is 1.95 bits per heavy atom. The summed E-state index contributed by atoms with van der Waals surface area (Å²) in [6.07, 6.45) is 3.39. The monoisotopic (exact) mass is 319 g/mol. The fourth-order valence-corrected chi connectivity index (χ4v) is 4.07. The number of aliphatic hydroxyl groups is 1. The van der Waals surface area contributed by atoms with E-state index in [4.69, 9.17) is 0 Å². The van der Waals surface area contributed by atoms with Crippen LogP contribution in [0.1, 0.15) is 26.2 Å². The molecule has 0 aromatic heterocycles. The number of hydrogen-bond acceptors (Lipinski definition) is 5. The number of sulfonamides is 1. The number of carbonyl (C=O) groups excluding carboxylic acids is 1. The molecule has 0 saturated carbocycles. The number of nitrogens with one attached hydrogen (secondary N) is 1. The van der Waals surface area contributed by atoms with Crippen LogP contribution in [-0.4, -0.2) is 79.3 Å². The highest BCUT2D eigenvalue weighted by atomic mass is 32.2. The molecule has 2 aliphatic heterocycles. The van der Waals surface area contributed by atoms with E-state index < -0.39 is 15.6 Å². The van der Waals surface area contributed by atoms with Gasteiger partial charge in [-0.25, -0.2) is 8.42 Å². The van der Waals surface area contributed by atoms with E-state index in [-0.39, 0.29) is 18.5 Å². The number of rotatable bonds is 4. The Balaban J connectivity index is 1.82. The highest BCUT2D eigenvalue weighted by Crippen LogP contribution is 2.25. The van der Waals surface area contributed by atoms with E-state index in [0.29, 0.717) is 19.5 Å². The highest BCUT2D eigenvalue weighted by molar-refractivity contribution is 7.88. The van der Waals surface area contributed by atoms with Gasteiger partial charge in [0, 0.05) is 45.7 Å². The van der Waals surface area contributed by atoms with E-state index >= 15 is 0 Å². The predicted octanol–water partition coefficient (Wildman–Crippen LogP) is -1.02. The van der Waals surface area contributed by atoms with Crippen molar-refractivity contribution in [3.05, 3.63) is 0 Å². The molecule has 1 atom stereocenters. The quantitative estimate of drug-likeness (QED) is 0.692. The van der Waals surface area contributed by atoms with Gasteiger partial charge >= 0.3 is 0 Å². The van der Waals surface area contributed by atoms with Crippen LogP contribution < -0.4 is 5.32 Å². The van der Waals surface area contributed by atoms with Gasteiger partial charge < -0.3 is 15.3 Å². The average molecular weight is 319 g/mol. The van der Waals surface area contributed by atoms with Gasteiger partial charge in [0.15, 0.2) is 0 Å². The number of likely N-dealkylation sites (tertiary alicyclic amines) is 1. The maximum atomic E-state index is 11.5. The van der Waals surface area contributed by atoms with Gasteiger partial charge in [0.25, 0.3) is 0 Å². The lowest BCUT2D eigenvalue weighted by Gasteiger charge is -2.36. The highest BCUT2D eigenvalue weighted by Gasteiger charge is 2.41. The molecule has 0 aromatic carbocycles. The summed E-state index contributed by atoms with van der Waals surface area (Å²) in [5, 5.41) is 13.5. The first-order valence-electron chi connectivity index (χ1n) is 7.35. The molecule has 0 aromatic rings. The molecule has 2 N–H and O–H groups in total. The van der Waals surface area contributed by atoms with Gasteiger partial charge in [-0.1, -0.05) is 0 Å². The van der Waals surface area contributed by atoms with E-state index in [0.717, 1.165) is 25.9 Å². The summed E-state index contributed by atoms with van der Waals surface area (Å²) in [6.45, 7) is 4.20. The first kappa shape index (κ1) is 16.7. The van der Waals surface area contributed by atoms with Crippen LogP contribution in [0.3, 0.4) is 0 Å². The lowest BCUT2D eigenvalue weighted by Crippen LogP contribution is -2.50. The molecule has 7 nitrogen and oxygen atoms in total. The average Bonchev–Trinajstić information content (AvgIpc) is 2.73. The molecule has 1 amide bonds. The van der Waals surface area contributed by atoms with Crippen molar-refractivity contribution in [1.82, 2.24) is 14.5 Å². The van der Waals surface area contributed by atoms with E-state index in [1.54, 1.807) is 0 Å². The third-order valence-electron chi connectivity index (χ3n) is 4.28. The van der Waals surface area contributed by atoms with E-state index in [1.165, 1.54) is 17.5 Å². The molecule has 0 unspecified atom stereocenters. The first-order valence-corrected chi connectivity index (χ1v) is 9.20. The minimum absolute atomic E-state index is 0.00772. The molecule has 0 aliphatic carbocycles. The zero-order chi connectivity index (χ0) is 15.7. The van der Waals surface area contributed by atoms with E-state index in [9.17, 15) is 18.3 Å². The van der Waals surface area contributed by atoms with E-state index in [2.05, 4.69) is 10.2 Å². The van der Waals surface area contributed by atoms with Gasteiger partial charge in [-0.05, 0) is 19.3 Å². The number of nitrogens with zero attached hydrogens (tertiary/aromatic N) is 2. The van der Waals surface area contributed by atoms with Gasteiger partial charge in [0.2, 0.25) is 15.9 Å². The molecule has 0 bridgehead atoms. The Bertz CT molecular complexity index is 488. The van der Waals surface area contributed by atoms with Gasteiger partial charge in [0.1, 0.15) is 0 Å². The minimum atomic E-state index is -3.23. The van der Waals surface area contributed by atoms with Gasteiger partial charge in [-0.15, -0.1) is 0 Å². The summed E-state index contributed by atoms with van der Waals surface area (Å²) >= 11 is 0. The number of β-amino-alcohol motifs (C(OH)–C–C–N with tert-alkyl or cyclic N) is 1. The number of amides is 1. The second-order valence-electron chi connectivity index (χ2n) is 6.32. The van der Waals surface area contributed by atoms with Crippen molar-refractivity contribution in [2.24, 2.45) is 0 Å². The molecule has 0 spiro atoms. The summed E-state index contributed by atoms with van der Waals surface area (Å²) in [4.78, 5) is 13.2. The van der Waals surface area contributed by atoms with Crippen LogP contribution in [0.2, 0.25) is 0 Å². The molecule has 2 heterocycles. The number of hydrogen-bond donors (Lipinski definition) is 2. The third kappa shape index (κ3) is 4.64. The lowest BCUT2D eigenvalue weighted by molar-refractivity contribution is -0.120. The predicted molar refractivity (Wildman–Crippen MR) is 79.3 cm³/mol. The standard InChI is InChI=1S/C13H25N3O4S/c1-11(17)14-12-3-6-15(7-4-12)9-13(18)5-8-16(10-13)21(2,19)20/h12,18H,3-10H2,1-2H3,(H,14,17)/t13-/m1/s1. The Morgan fingerprint density at radius 3 is 2.43 bits per heavy atom. The molecular weight excluding hydrogens is 294 g/mol. The van der Waals surface area contributed by atoms with Gasteiger partial charge in [-0.3, -0.25) is 4.79 Å². The molecule has 2 fully saturated rings. The molecular formula is C13H25N3O4S. The summed E-state index contributed by atoms with van der Waals surface area (Å²) < 4.78 is 24.4. The molecule has 8 heteroatoms. The third-order valence-corrected chi connectivity index (χ3v) is 5.53. The maximum Gasteiger partial charge on any atom is 0.217 e. The van der Waals surface area contributed by atoms with Crippen molar-refractivity contribution < 1.29 is 18.3 Å². The molecule has 21 heavy (non-hydrogen) atoms. The van der Waals surface area contributed by atoms with Crippen LogP contribution in [0.15, 0.2) is 0 Å². The van der Waals surface area contributed by atoms with Crippen molar-refractivity contribution in [2.45, 2.75) is 37.8 Å². The fraction of sp³-hybridized carbons (Fsp3) is 0.923. The van der Waals surface area contributed by atoms with Gasteiger partial charge in [-0.2, -0.15) is 4.31 Å². The maximum absolute atomic E-state index is 11.5. The molecule has 122 valence electrons. The SMILES string of the molecule is CC(=O)NC1CCN(C[C@]2(O)CCN(S(C)(=O)=O)C2)CC1. The second kappa shape index (κ2) is 6.20. The largest absolute Gasteiger partial charge is 0.387 e. The summed E-state index contributed by atoms with van der Waals surface area (Å²) in [6, 6.07) is 0.212. The van der Waals surface area contributed by atoms with E-state index in [1.807, 2.05) is 0 Å². The zero-order valence-corrected chi connectivity index (χ0v) is 13.5. The van der Waals surface area contributed by atoms with Gasteiger partial charge in [0.05, 0.1) is 11.9 Å². The number of carbonyl (C=O) groups is 1. The minimum Gasteiger partial charge on any atom is -0.387 e. The van der Waals surface area contributed by atoms with Crippen molar-refractivity contribution >= 4 is 15.9 Å². The molecule has 2 rings (SSSR count). The van der Waals surface area contributed by atoms with Crippen molar-refractivity contribution in [1.29, 1.82) is 0 Å². The Morgan fingerprint density at radius 1 is 1.33 bits per heavy atom. The zero-order valence-electron chi connectivity index (χ0n) is 12.7. The Hall–Kier alpha value is -0.700. The van der Waals surface area contributed by atoms with Crippen LogP contribution >= 0.6 is 0 Å². The Labute approximate surface area is 126 Å². The summed E-state index contributed by atoms with van der Waals surface area (Å²) in [5.41, 5.74) is -0.954. The Kier molecular flexibility index (Phi) is 4.92. The van der Waals surface area contributed by atoms with Crippen molar-refractivity contribution in [2.75, 3.05) is 39.0 Å². The smallest absolute Gasteiger partial charge is 0.217 e. The topological polar surface area (TPSA) is 90.0 Å². The van der Waals surface area contributed by atoms with Crippen molar-refractivity contribution in [3.63, 3.8) is 0 Å². The molecule has 2 saturated heterocycles. The summed E-state index contributed by atoms with van der Waals surface area (Å²) in [5.74, 6) is -0.00772.